The van der Waals surface area contributed by atoms with Crippen LogP contribution in [0.15, 0.2) is 4.99 Å². The molecule has 1 fully saturated rings. The highest BCUT2D eigenvalue weighted by Crippen LogP contribution is 1.97. The summed E-state index contributed by atoms with van der Waals surface area (Å²) < 4.78 is 0. The lowest BCUT2D eigenvalue weighted by atomic mass is 10.2. The molecule has 7 nitrogen and oxygen atoms in total. The van der Waals surface area contributed by atoms with Crippen LogP contribution in [-0.2, 0) is 4.79 Å². The van der Waals surface area contributed by atoms with Crippen molar-refractivity contribution in [3.05, 3.63) is 0 Å². The molecule has 0 aliphatic carbocycles. The number of urea groups is 1. The number of guanidine groups is 1. The van der Waals surface area contributed by atoms with Crippen molar-refractivity contribution < 1.29 is 9.59 Å². The maximum Gasteiger partial charge on any atom is 0.324 e. The van der Waals surface area contributed by atoms with Gasteiger partial charge in [-0.05, 0) is 13.3 Å². The summed E-state index contributed by atoms with van der Waals surface area (Å²) >= 11 is 0. The maximum atomic E-state index is 11.4. The monoisotopic (exact) mass is 411 g/mol. The fraction of sp³-hybridized carbons (Fsp3) is 0.769. The molecule has 0 radical (unpaired) electrons. The number of aliphatic imine (C=N–C) groups is 1. The molecule has 1 rings (SSSR count). The second-order valence-electron chi connectivity index (χ2n) is 4.60. The van der Waals surface area contributed by atoms with Gasteiger partial charge in [0.1, 0.15) is 0 Å². The van der Waals surface area contributed by atoms with E-state index in [0.29, 0.717) is 13.1 Å². The highest BCUT2D eigenvalue weighted by atomic mass is 127. The van der Waals surface area contributed by atoms with Gasteiger partial charge in [-0.2, -0.15) is 0 Å². The number of nitrogens with zero attached hydrogens (tertiary/aromatic N) is 2. The van der Waals surface area contributed by atoms with Gasteiger partial charge < -0.3 is 16.0 Å². The van der Waals surface area contributed by atoms with Crippen molar-refractivity contribution in [2.75, 3.05) is 32.7 Å². The van der Waals surface area contributed by atoms with Gasteiger partial charge in [-0.3, -0.25) is 14.7 Å². The Morgan fingerprint density at radius 3 is 2.62 bits per heavy atom. The molecule has 0 aromatic heterocycles. The highest BCUT2D eigenvalue weighted by Gasteiger charge is 2.27. The third kappa shape index (κ3) is 7.49. The number of hydrogen-bond acceptors (Lipinski definition) is 3. The third-order valence-electron chi connectivity index (χ3n) is 2.94. The van der Waals surface area contributed by atoms with Crippen LogP contribution in [0.1, 0.15) is 33.1 Å². The normalized spacial score (nSPS) is 14.8. The number of imide groups is 1. The van der Waals surface area contributed by atoms with E-state index >= 15 is 0 Å². The van der Waals surface area contributed by atoms with Gasteiger partial charge >= 0.3 is 6.03 Å². The van der Waals surface area contributed by atoms with Crippen LogP contribution in [0, 0.1) is 0 Å². The van der Waals surface area contributed by atoms with Crippen LogP contribution in [-0.4, -0.2) is 55.5 Å². The molecule has 3 N–H and O–H groups in total. The molecule has 3 amide bonds. The second kappa shape index (κ2) is 11.6. The third-order valence-corrected chi connectivity index (χ3v) is 2.94. The molecule has 122 valence electrons. The molecule has 0 unspecified atom stereocenters. The van der Waals surface area contributed by atoms with Crippen LogP contribution >= 0.6 is 24.0 Å². The number of carbonyl (C=O) groups is 2. The lowest BCUT2D eigenvalue weighted by molar-refractivity contribution is -0.124. The number of hydrogen-bond donors (Lipinski definition) is 3. The van der Waals surface area contributed by atoms with Gasteiger partial charge in [0.25, 0.3) is 0 Å². The summed E-state index contributed by atoms with van der Waals surface area (Å²) in [5.41, 5.74) is 0. The van der Waals surface area contributed by atoms with Gasteiger partial charge in [0.15, 0.2) is 5.96 Å². The number of nitrogens with one attached hydrogen (secondary N) is 3. The van der Waals surface area contributed by atoms with Crippen LogP contribution in [0.4, 0.5) is 4.79 Å². The molecule has 1 aliphatic heterocycles. The predicted octanol–water partition coefficient (Wildman–Crippen LogP) is 0.901. The van der Waals surface area contributed by atoms with Crippen molar-refractivity contribution in [1.29, 1.82) is 0 Å². The summed E-state index contributed by atoms with van der Waals surface area (Å²) in [7, 11) is 0. The molecule has 1 heterocycles. The van der Waals surface area contributed by atoms with E-state index < -0.39 is 0 Å². The summed E-state index contributed by atoms with van der Waals surface area (Å²) in [6, 6.07) is -0.318. The zero-order chi connectivity index (χ0) is 14.8. The van der Waals surface area contributed by atoms with Crippen LogP contribution < -0.4 is 16.0 Å². The van der Waals surface area contributed by atoms with E-state index in [4.69, 9.17) is 0 Å². The van der Waals surface area contributed by atoms with Crippen molar-refractivity contribution in [2.45, 2.75) is 33.1 Å². The first kappa shape index (κ1) is 19.9. The van der Waals surface area contributed by atoms with Crippen molar-refractivity contribution in [3.8, 4) is 0 Å². The molecule has 0 aromatic rings. The van der Waals surface area contributed by atoms with Gasteiger partial charge in [-0.1, -0.05) is 19.8 Å². The van der Waals surface area contributed by atoms with E-state index in [1.165, 1.54) is 17.7 Å². The number of amides is 3. The summed E-state index contributed by atoms with van der Waals surface area (Å²) in [6.07, 6.45) is 3.41. The zero-order valence-electron chi connectivity index (χ0n) is 12.8. The van der Waals surface area contributed by atoms with E-state index in [-0.39, 0.29) is 42.5 Å². The fourth-order valence-electron chi connectivity index (χ4n) is 1.86. The lowest BCUT2D eigenvalue weighted by Crippen LogP contribution is -2.43. The Morgan fingerprint density at radius 1 is 1.29 bits per heavy atom. The Kier molecular flexibility index (Phi) is 11.0. The molecule has 0 saturated carbocycles. The minimum atomic E-state index is -0.318. The summed E-state index contributed by atoms with van der Waals surface area (Å²) in [4.78, 5) is 28.4. The molecule has 0 spiro atoms. The van der Waals surface area contributed by atoms with Gasteiger partial charge in [0.05, 0.1) is 6.54 Å². The fourth-order valence-corrected chi connectivity index (χ4v) is 1.86. The Morgan fingerprint density at radius 2 is 2.05 bits per heavy atom. The Labute approximate surface area is 143 Å². The summed E-state index contributed by atoms with van der Waals surface area (Å²) in [5.74, 6) is 0.553. The number of unbranched alkanes of at least 4 members (excludes halogenated alkanes) is 2. The minimum absolute atomic E-state index is 0. The molecule has 21 heavy (non-hydrogen) atoms. The van der Waals surface area contributed by atoms with Crippen LogP contribution in [0.3, 0.4) is 0 Å². The second-order valence-corrected chi connectivity index (χ2v) is 4.60. The number of carbonyl (C=O) groups excluding carboxylic acids is 2. The quantitative estimate of drug-likeness (QED) is 0.182. The van der Waals surface area contributed by atoms with E-state index in [1.54, 1.807) is 0 Å². The molecular formula is C13H26IN5O2. The minimum Gasteiger partial charge on any atom is -0.357 e. The average Bonchev–Trinajstić information content (AvgIpc) is 2.75. The SMILES string of the molecule is CCCCCN=C(NCC)NCCN1C(=O)CNC1=O.I. The topological polar surface area (TPSA) is 85.8 Å². The molecule has 0 aromatic carbocycles. The van der Waals surface area contributed by atoms with Crippen molar-refractivity contribution in [2.24, 2.45) is 4.99 Å². The Bertz CT molecular complexity index is 346. The van der Waals surface area contributed by atoms with Crippen LogP contribution in [0.5, 0.6) is 0 Å². The molecule has 0 bridgehead atoms. The highest BCUT2D eigenvalue weighted by molar-refractivity contribution is 14.0. The average molecular weight is 411 g/mol. The van der Waals surface area contributed by atoms with E-state index in [0.717, 1.165) is 25.5 Å². The smallest absolute Gasteiger partial charge is 0.324 e. The first-order valence-corrected chi connectivity index (χ1v) is 7.29. The van der Waals surface area contributed by atoms with Crippen LogP contribution in [0.2, 0.25) is 0 Å². The molecule has 1 aliphatic rings. The number of halogens is 1. The first-order valence-electron chi connectivity index (χ1n) is 7.29. The summed E-state index contributed by atoms with van der Waals surface area (Å²) in [5, 5.41) is 8.77. The Balaban J connectivity index is 0.00000400. The summed E-state index contributed by atoms with van der Waals surface area (Å²) in [6.45, 7) is 6.67. The first-order chi connectivity index (χ1) is 9.69. The standard InChI is InChI=1S/C13H25N5O2.HI/c1-3-5-6-7-15-12(14-4-2)16-8-9-18-11(19)10-17-13(18)20;/h3-10H2,1-2H3,(H,17,20)(H2,14,15,16);1H. The van der Waals surface area contributed by atoms with Crippen LogP contribution in [0.25, 0.3) is 0 Å². The lowest BCUT2D eigenvalue weighted by Gasteiger charge is -2.15. The largest absolute Gasteiger partial charge is 0.357 e. The van der Waals surface area contributed by atoms with E-state index in [2.05, 4.69) is 27.9 Å². The van der Waals surface area contributed by atoms with Crippen molar-refractivity contribution >= 4 is 41.9 Å². The van der Waals surface area contributed by atoms with Gasteiger partial charge in [-0.15, -0.1) is 24.0 Å². The van der Waals surface area contributed by atoms with Crippen molar-refractivity contribution in [3.63, 3.8) is 0 Å². The van der Waals surface area contributed by atoms with Crippen molar-refractivity contribution in [1.82, 2.24) is 20.9 Å². The molecule has 0 atom stereocenters. The maximum absolute atomic E-state index is 11.4. The Hall–Kier alpha value is -1.06. The van der Waals surface area contributed by atoms with E-state index in [1.807, 2.05) is 6.92 Å². The van der Waals surface area contributed by atoms with E-state index in [9.17, 15) is 9.59 Å². The zero-order valence-corrected chi connectivity index (χ0v) is 15.1. The van der Waals surface area contributed by atoms with Gasteiger partial charge in [0.2, 0.25) is 5.91 Å². The molecule has 8 heteroatoms. The molecule has 1 saturated heterocycles. The number of rotatable bonds is 8. The predicted molar refractivity (Wildman–Crippen MR) is 94.0 cm³/mol. The van der Waals surface area contributed by atoms with Gasteiger partial charge in [0, 0.05) is 26.2 Å². The van der Waals surface area contributed by atoms with Gasteiger partial charge in [-0.25, -0.2) is 4.79 Å². The molecular weight excluding hydrogens is 385 g/mol.